The summed E-state index contributed by atoms with van der Waals surface area (Å²) in [6, 6.07) is 15.4. The molecule has 0 heterocycles. The monoisotopic (exact) mass is 496 g/mol. The van der Waals surface area contributed by atoms with Crippen LogP contribution >= 0.6 is 11.6 Å². The Hall–Kier alpha value is -3.04. The SMILES string of the molecule is Cc1ccc(N(CC(=O)Nc2ccc(Cl)cc2C(F)(F)F)S(=O)(=O)c2ccc(C)cc2)cc1. The van der Waals surface area contributed by atoms with Crippen molar-refractivity contribution in [2.75, 3.05) is 16.2 Å². The van der Waals surface area contributed by atoms with Crippen molar-refractivity contribution in [3.63, 3.8) is 0 Å². The van der Waals surface area contributed by atoms with Crippen molar-refractivity contribution in [3.8, 4) is 0 Å². The molecule has 0 fully saturated rings. The normalized spacial score (nSPS) is 11.8. The van der Waals surface area contributed by atoms with Crippen LogP contribution in [0.15, 0.2) is 71.6 Å². The zero-order chi connectivity index (χ0) is 24.4. The van der Waals surface area contributed by atoms with Crippen LogP contribution < -0.4 is 9.62 Å². The number of alkyl halides is 3. The fourth-order valence-electron chi connectivity index (χ4n) is 3.04. The molecule has 0 saturated carbocycles. The van der Waals surface area contributed by atoms with Gasteiger partial charge < -0.3 is 5.32 Å². The lowest BCUT2D eigenvalue weighted by Gasteiger charge is -2.24. The van der Waals surface area contributed by atoms with E-state index in [1.54, 1.807) is 31.2 Å². The van der Waals surface area contributed by atoms with Crippen LogP contribution in [0.25, 0.3) is 0 Å². The molecule has 5 nitrogen and oxygen atoms in total. The van der Waals surface area contributed by atoms with Gasteiger partial charge in [0.05, 0.1) is 21.8 Å². The van der Waals surface area contributed by atoms with Crippen LogP contribution in [0.3, 0.4) is 0 Å². The fourth-order valence-corrected chi connectivity index (χ4v) is 4.64. The molecule has 3 rings (SSSR count). The highest BCUT2D eigenvalue weighted by atomic mass is 35.5. The Morgan fingerprint density at radius 1 is 0.939 bits per heavy atom. The zero-order valence-corrected chi connectivity index (χ0v) is 19.2. The van der Waals surface area contributed by atoms with E-state index in [1.165, 1.54) is 30.3 Å². The first-order valence-electron chi connectivity index (χ1n) is 9.70. The van der Waals surface area contributed by atoms with Gasteiger partial charge in [-0.2, -0.15) is 13.2 Å². The minimum atomic E-state index is -4.77. The Morgan fingerprint density at radius 2 is 1.48 bits per heavy atom. The molecule has 0 atom stereocenters. The maximum absolute atomic E-state index is 13.4. The molecule has 1 N–H and O–H groups in total. The second kappa shape index (κ2) is 9.44. The number of hydrogen-bond acceptors (Lipinski definition) is 3. The highest BCUT2D eigenvalue weighted by Crippen LogP contribution is 2.36. The van der Waals surface area contributed by atoms with E-state index in [0.717, 1.165) is 21.5 Å². The van der Waals surface area contributed by atoms with Gasteiger partial charge in [0, 0.05) is 5.02 Å². The molecule has 33 heavy (non-hydrogen) atoms. The number of nitrogens with zero attached hydrogens (tertiary/aromatic N) is 1. The lowest BCUT2D eigenvalue weighted by Crippen LogP contribution is -2.38. The summed E-state index contributed by atoms with van der Waals surface area (Å²) in [7, 11) is -4.19. The smallest absolute Gasteiger partial charge is 0.324 e. The molecule has 0 aliphatic rings. The van der Waals surface area contributed by atoms with Crippen LogP contribution in [-0.4, -0.2) is 20.9 Å². The number of aryl methyl sites for hydroxylation is 2. The van der Waals surface area contributed by atoms with Crippen LogP contribution in [-0.2, 0) is 21.0 Å². The molecule has 0 bridgehead atoms. The van der Waals surface area contributed by atoms with Gasteiger partial charge in [-0.3, -0.25) is 9.10 Å². The summed E-state index contributed by atoms with van der Waals surface area (Å²) in [5.74, 6) is -0.945. The first kappa shape index (κ1) is 24.6. The van der Waals surface area contributed by atoms with Crippen molar-refractivity contribution < 1.29 is 26.4 Å². The van der Waals surface area contributed by atoms with Crippen molar-refractivity contribution in [2.45, 2.75) is 24.9 Å². The molecule has 3 aromatic carbocycles. The van der Waals surface area contributed by atoms with Crippen LogP contribution in [0.5, 0.6) is 0 Å². The highest BCUT2D eigenvalue weighted by molar-refractivity contribution is 7.92. The van der Waals surface area contributed by atoms with E-state index in [0.29, 0.717) is 6.07 Å². The number of carbonyl (C=O) groups is 1. The maximum atomic E-state index is 13.4. The number of amides is 1. The summed E-state index contributed by atoms with van der Waals surface area (Å²) >= 11 is 5.68. The molecule has 0 radical (unpaired) electrons. The van der Waals surface area contributed by atoms with Crippen molar-refractivity contribution in [3.05, 3.63) is 88.4 Å². The topological polar surface area (TPSA) is 66.5 Å². The van der Waals surface area contributed by atoms with E-state index in [2.05, 4.69) is 5.32 Å². The molecule has 10 heteroatoms. The molecule has 174 valence electrons. The Morgan fingerprint density at radius 3 is 2.03 bits per heavy atom. The number of hydrogen-bond donors (Lipinski definition) is 1. The lowest BCUT2D eigenvalue weighted by atomic mass is 10.1. The van der Waals surface area contributed by atoms with E-state index in [4.69, 9.17) is 11.6 Å². The Bertz CT molecular complexity index is 1260. The fraction of sp³-hybridized carbons (Fsp3) is 0.174. The van der Waals surface area contributed by atoms with Crippen LogP contribution in [0.2, 0.25) is 5.02 Å². The first-order valence-corrected chi connectivity index (χ1v) is 11.5. The van der Waals surface area contributed by atoms with E-state index < -0.39 is 39.9 Å². The van der Waals surface area contributed by atoms with Gasteiger partial charge in [0.25, 0.3) is 10.0 Å². The summed E-state index contributed by atoms with van der Waals surface area (Å²) in [4.78, 5) is 12.7. The number of halogens is 4. The van der Waals surface area contributed by atoms with Gasteiger partial charge in [-0.25, -0.2) is 8.42 Å². The number of carbonyl (C=O) groups excluding carboxylic acids is 1. The number of benzene rings is 3. The number of rotatable bonds is 6. The van der Waals surface area contributed by atoms with E-state index in [-0.39, 0.29) is 15.6 Å². The van der Waals surface area contributed by atoms with Crippen LogP contribution in [0.4, 0.5) is 24.5 Å². The Labute approximate surface area is 194 Å². The second-order valence-electron chi connectivity index (χ2n) is 7.40. The quantitative estimate of drug-likeness (QED) is 0.468. The highest BCUT2D eigenvalue weighted by Gasteiger charge is 2.35. The summed E-state index contributed by atoms with van der Waals surface area (Å²) in [6.45, 7) is 2.87. The third-order valence-electron chi connectivity index (χ3n) is 4.78. The summed E-state index contributed by atoms with van der Waals surface area (Å²) in [6.07, 6.45) is -4.77. The predicted molar refractivity (Wildman–Crippen MR) is 122 cm³/mol. The minimum Gasteiger partial charge on any atom is -0.324 e. The molecule has 0 saturated heterocycles. The number of sulfonamides is 1. The predicted octanol–water partition coefficient (Wildman–Crippen LogP) is 5.81. The number of nitrogens with one attached hydrogen (secondary N) is 1. The van der Waals surface area contributed by atoms with Gasteiger partial charge in [-0.05, 0) is 56.3 Å². The molecule has 0 spiro atoms. The molecular formula is C23H20ClF3N2O3S. The Kier molecular flexibility index (Phi) is 7.04. The number of anilines is 2. The molecule has 0 aliphatic carbocycles. The standard InChI is InChI=1S/C23H20ClF3N2O3S/c1-15-3-8-18(9-4-15)29(33(31,32)19-10-5-16(2)6-11-19)14-22(30)28-21-12-7-17(24)13-20(21)23(25,26)27/h3-13H,14H2,1-2H3,(H,28,30). The van der Waals surface area contributed by atoms with Gasteiger partial charge >= 0.3 is 6.18 Å². The van der Waals surface area contributed by atoms with Crippen molar-refractivity contribution in [2.24, 2.45) is 0 Å². The van der Waals surface area contributed by atoms with E-state index in [1.807, 2.05) is 6.92 Å². The van der Waals surface area contributed by atoms with Gasteiger partial charge in [0.2, 0.25) is 5.91 Å². The average Bonchev–Trinajstić information content (AvgIpc) is 2.73. The maximum Gasteiger partial charge on any atom is 0.418 e. The van der Waals surface area contributed by atoms with Crippen molar-refractivity contribution >= 4 is 38.9 Å². The zero-order valence-electron chi connectivity index (χ0n) is 17.7. The minimum absolute atomic E-state index is 0.0519. The summed E-state index contributed by atoms with van der Waals surface area (Å²) in [5.41, 5.74) is 0.256. The van der Waals surface area contributed by atoms with Crippen molar-refractivity contribution in [1.82, 2.24) is 0 Å². The first-order chi connectivity index (χ1) is 15.4. The van der Waals surface area contributed by atoms with Gasteiger partial charge in [0.15, 0.2) is 0 Å². The molecular weight excluding hydrogens is 477 g/mol. The van der Waals surface area contributed by atoms with Crippen LogP contribution in [0.1, 0.15) is 16.7 Å². The van der Waals surface area contributed by atoms with Gasteiger partial charge in [-0.1, -0.05) is 47.0 Å². The van der Waals surface area contributed by atoms with E-state index in [9.17, 15) is 26.4 Å². The Balaban J connectivity index is 1.97. The van der Waals surface area contributed by atoms with Gasteiger partial charge in [-0.15, -0.1) is 0 Å². The summed E-state index contributed by atoms with van der Waals surface area (Å²) < 4.78 is 67.6. The lowest BCUT2D eigenvalue weighted by molar-refractivity contribution is -0.137. The molecule has 1 amide bonds. The third-order valence-corrected chi connectivity index (χ3v) is 6.80. The second-order valence-corrected chi connectivity index (χ2v) is 9.69. The largest absolute Gasteiger partial charge is 0.418 e. The molecule has 0 aromatic heterocycles. The van der Waals surface area contributed by atoms with E-state index >= 15 is 0 Å². The van der Waals surface area contributed by atoms with Crippen LogP contribution in [0, 0.1) is 13.8 Å². The molecule has 0 unspecified atom stereocenters. The molecule has 3 aromatic rings. The van der Waals surface area contributed by atoms with Crippen molar-refractivity contribution in [1.29, 1.82) is 0 Å². The third kappa shape index (κ3) is 5.85. The molecule has 0 aliphatic heterocycles. The average molecular weight is 497 g/mol. The summed E-state index contributed by atoms with van der Waals surface area (Å²) in [5, 5.41) is 2.02. The van der Waals surface area contributed by atoms with Gasteiger partial charge in [0.1, 0.15) is 6.54 Å².